The lowest BCUT2D eigenvalue weighted by Gasteiger charge is -2.39. The van der Waals surface area contributed by atoms with Crippen LogP contribution in [0.4, 0.5) is 17.1 Å². The smallest absolute Gasteiger partial charge is 0.272 e. The van der Waals surface area contributed by atoms with E-state index in [4.69, 9.17) is 4.74 Å². The van der Waals surface area contributed by atoms with Gasteiger partial charge in [0.05, 0.1) is 11.4 Å². The minimum absolute atomic E-state index is 0.0277. The van der Waals surface area contributed by atoms with Crippen molar-refractivity contribution in [2.45, 2.75) is 59.8 Å². The highest BCUT2D eigenvalue weighted by Crippen LogP contribution is 2.42. The normalized spacial score (nSPS) is 19.6. The first kappa shape index (κ1) is 26.2. The summed E-state index contributed by atoms with van der Waals surface area (Å²) >= 11 is 0. The summed E-state index contributed by atoms with van der Waals surface area (Å²) in [5.74, 6) is 0.289. The summed E-state index contributed by atoms with van der Waals surface area (Å²) in [5.41, 5.74) is 7.96. The second-order valence-electron chi connectivity index (χ2n) is 11.0. The van der Waals surface area contributed by atoms with Gasteiger partial charge in [-0.25, -0.2) is 0 Å². The quantitative estimate of drug-likeness (QED) is 0.462. The van der Waals surface area contributed by atoms with Gasteiger partial charge in [0.25, 0.3) is 11.8 Å². The number of nitrogens with zero attached hydrogens (tertiary/aromatic N) is 2. The number of carbonyl (C=O) groups is 2. The van der Waals surface area contributed by atoms with Crippen molar-refractivity contribution < 1.29 is 14.3 Å². The molecule has 2 aromatic carbocycles. The van der Waals surface area contributed by atoms with Crippen molar-refractivity contribution in [3.8, 4) is 0 Å². The van der Waals surface area contributed by atoms with Crippen LogP contribution < -0.4 is 15.1 Å². The fraction of sp³-hybridized carbons (Fsp3) is 0.438. The molecule has 0 aliphatic carbocycles. The van der Waals surface area contributed by atoms with Gasteiger partial charge in [0.15, 0.2) is 0 Å². The van der Waals surface area contributed by atoms with Gasteiger partial charge in [0.2, 0.25) is 0 Å². The molecule has 2 amide bonds. The third-order valence-corrected chi connectivity index (χ3v) is 8.20. The number of ether oxygens (including phenoxy) is 1. The van der Waals surface area contributed by atoms with Gasteiger partial charge >= 0.3 is 0 Å². The number of fused-ring (bicyclic) bond motifs is 2. The molecule has 6 nitrogen and oxygen atoms in total. The first-order chi connectivity index (χ1) is 18.3. The van der Waals surface area contributed by atoms with Crippen LogP contribution in [0, 0.1) is 25.7 Å². The van der Waals surface area contributed by atoms with Gasteiger partial charge in [0, 0.05) is 42.6 Å². The maximum Gasteiger partial charge on any atom is 0.272 e. The van der Waals surface area contributed by atoms with E-state index in [1.54, 1.807) is 0 Å². The Morgan fingerprint density at radius 2 is 1.95 bits per heavy atom. The van der Waals surface area contributed by atoms with E-state index in [0.717, 1.165) is 54.7 Å². The van der Waals surface area contributed by atoms with E-state index >= 15 is 0 Å². The second kappa shape index (κ2) is 10.8. The molecule has 1 N–H and O–H groups in total. The molecule has 5 rings (SSSR count). The average molecular weight is 514 g/mol. The summed E-state index contributed by atoms with van der Waals surface area (Å²) in [5, 5.41) is 3.09. The topological polar surface area (TPSA) is 61.9 Å². The maximum absolute atomic E-state index is 13.9. The Kier molecular flexibility index (Phi) is 7.44. The van der Waals surface area contributed by atoms with Crippen molar-refractivity contribution in [1.82, 2.24) is 0 Å². The van der Waals surface area contributed by atoms with Crippen molar-refractivity contribution in [1.29, 1.82) is 0 Å². The van der Waals surface area contributed by atoms with Crippen LogP contribution in [0.5, 0.6) is 0 Å². The number of rotatable bonds is 5. The number of amides is 2. The van der Waals surface area contributed by atoms with Crippen molar-refractivity contribution in [3.63, 3.8) is 0 Å². The van der Waals surface area contributed by atoms with Crippen LogP contribution in [-0.2, 0) is 16.0 Å². The zero-order chi connectivity index (χ0) is 27.0. The lowest BCUT2D eigenvalue weighted by Crippen LogP contribution is -2.39. The largest absolute Gasteiger partial charge is 0.381 e. The summed E-state index contributed by atoms with van der Waals surface area (Å²) in [7, 11) is 0. The fourth-order valence-corrected chi connectivity index (χ4v) is 5.77. The van der Waals surface area contributed by atoms with Crippen LogP contribution >= 0.6 is 0 Å². The number of hydrogen-bond donors (Lipinski definition) is 1. The molecule has 6 heteroatoms. The van der Waals surface area contributed by atoms with Crippen LogP contribution in [0.2, 0.25) is 0 Å². The fourth-order valence-electron chi connectivity index (χ4n) is 5.77. The van der Waals surface area contributed by atoms with Crippen molar-refractivity contribution in [3.05, 3.63) is 76.6 Å². The van der Waals surface area contributed by atoms with E-state index in [-0.39, 0.29) is 23.7 Å². The summed E-state index contributed by atoms with van der Waals surface area (Å²) in [6, 6.07) is 10.2. The minimum Gasteiger partial charge on any atom is -0.381 e. The van der Waals surface area contributed by atoms with Crippen LogP contribution in [-0.4, -0.2) is 31.6 Å². The Balaban J connectivity index is 1.56. The molecule has 2 aromatic rings. The molecule has 1 unspecified atom stereocenters. The second-order valence-corrected chi connectivity index (χ2v) is 11.0. The number of nitrogens with one attached hydrogen (secondary N) is 1. The highest BCUT2D eigenvalue weighted by atomic mass is 16.5. The van der Waals surface area contributed by atoms with Gasteiger partial charge in [-0.1, -0.05) is 50.6 Å². The maximum atomic E-state index is 13.9. The van der Waals surface area contributed by atoms with Gasteiger partial charge in [0.1, 0.15) is 5.70 Å². The van der Waals surface area contributed by atoms with Gasteiger partial charge < -0.3 is 19.9 Å². The molecule has 0 bridgehead atoms. The number of allylic oxidation sites excluding steroid dienone is 2. The molecule has 0 radical (unpaired) electrons. The molecule has 0 spiro atoms. The number of anilines is 3. The zero-order valence-corrected chi connectivity index (χ0v) is 23.1. The monoisotopic (exact) mass is 513 g/mol. The Hall–Kier alpha value is -3.38. The predicted molar refractivity (Wildman–Crippen MR) is 154 cm³/mol. The summed E-state index contributed by atoms with van der Waals surface area (Å²) in [4.78, 5) is 31.3. The summed E-state index contributed by atoms with van der Waals surface area (Å²) < 4.78 is 5.59. The molecule has 0 aromatic heterocycles. The zero-order valence-electron chi connectivity index (χ0n) is 23.1. The Morgan fingerprint density at radius 1 is 1.18 bits per heavy atom. The van der Waals surface area contributed by atoms with Crippen LogP contribution in [0.25, 0.3) is 0 Å². The highest BCUT2D eigenvalue weighted by molar-refractivity contribution is 6.15. The first-order valence-electron chi connectivity index (χ1n) is 13.9. The van der Waals surface area contributed by atoms with Gasteiger partial charge in [-0.15, -0.1) is 0 Å². The number of hydrogen-bond acceptors (Lipinski definition) is 4. The molecule has 200 valence electrons. The Bertz CT molecular complexity index is 1310. The Labute approximate surface area is 226 Å². The van der Waals surface area contributed by atoms with E-state index in [9.17, 15) is 9.59 Å². The molecule has 1 fully saturated rings. The third kappa shape index (κ3) is 4.90. The first-order valence-corrected chi connectivity index (χ1v) is 13.9. The molecule has 0 saturated carbocycles. The summed E-state index contributed by atoms with van der Waals surface area (Å²) in [6.07, 6.45) is 6.66. The van der Waals surface area contributed by atoms with E-state index in [2.05, 4.69) is 50.9 Å². The van der Waals surface area contributed by atoms with E-state index in [0.29, 0.717) is 36.7 Å². The van der Waals surface area contributed by atoms with Crippen LogP contribution in [0.15, 0.2) is 54.4 Å². The number of aryl methyl sites for hydroxylation is 3. The molecular formula is C32H39N3O3. The van der Waals surface area contributed by atoms with Gasteiger partial charge in [-0.3, -0.25) is 9.59 Å². The predicted octanol–water partition coefficient (Wildman–Crippen LogP) is 6.53. The van der Waals surface area contributed by atoms with Crippen molar-refractivity contribution >= 4 is 28.9 Å². The van der Waals surface area contributed by atoms with Crippen molar-refractivity contribution in [2.24, 2.45) is 11.8 Å². The van der Waals surface area contributed by atoms with E-state index in [1.807, 2.05) is 34.9 Å². The minimum atomic E-state index is -0.160. The molecule has 3 aliphatic rings. The highest BCUT2D eigenvalue weighted by Gasteiger charge is 2.35. The van der Waals surface area contributed by atoms with Gasteiger partial charge in [-0.05, 0) is 74.8 Å². The molecular weight excluding hydrogens is 474 g/mol. The lowest BCUT2D eigenvalue weighted by molar-refractivity contribution is -0.113. The number of carbonyl (C=O) groups excluding carboxylic acids is 2. The Morgan fingerprint density at radius 3 is 2.68 bits per heavy atom. The van der Waals surface area contributed by atoms with Crippen LogP contribution in [0.1, 0.15) is 66.6 Å². The molecule has 1 atom stereocenters. The van der Waals surface area contributed by atoms with Gasteiger partial charge in [-0.2, -0.15) is 0 Å². The average Bonchev–Trinajstić information content (AvgIpc) is 2.92. The summed E-state index contributed by atoms with van der Waals surface area (Å²) in [6.45, 7) is 14.9. The molecule has 3 aliphatic heterocycles. The van der Waals surface area contributed by atoms with Crippen LogP contribution in [0.3, 0.4) is 0 Å². The molecule has 38 heavy (non-hydrogen) atoms. The van der Waals surface area contributed by atoms with E-state index in [1.165, 1.54) is 11.1 Å². The SMILES string of the molecule is C=C(C1CCOCC1)N1/C(=C\C(C)CC)C(=O)Nc2cc(C(=O)N3CCCc4cc(C)ccc43)c(C)cc21. The molecule has 1 saturated heterocycles. The standard InChI is InChI=1S/C32H39N3O3/c1-6-20(2)17-30-31(36)33-27-19-26(32(37)34-13-7-8-25-16-21(3)9-10-28(25)34)22(4)18-29(27)35(30)23(5)24-11-14-38-15-12-24/h9-10,16-20,24H,5-8,11-15H2,1-4H3,(H,33,36)/b30-17-. The molecule has 3 heterocycles. The lowest BCUT2D eigenvalue weighted by atomic mass is 9.93. The van der Waals surface area contributed by atoms with E-state index < -0.39 is 0 Å². The number of benzene rings is 2. The van der Waals surface area contributed by atoms with Crippen molar-refractivity contribution in [2.75, 3.05) is 34.9 Å². The third-order valence-electron chi connectivity index (χ3n) is 8.20.